The first kappa shape index (κ1) is 14.0. The van der Waals surface area contributed by atoms with E-state index in [9.17, 15) is 4.79 Å². The van der Waals surface area contributed by atoms with Crippen LogP contribution < -0.4 is 10.6 Å². The molecule has 0 bridgehead atoms. The molecular weight excluding hydrogens is 266 g/mol. The highest BCUT2D eigenvalue weighted by molar-refractivity contribution is 6.00. The average molecular weight is 285 g/mol. The van der Waals surface area contributed by atoms with Crippen LogP contribution in [0, 0.1) is 0 Å². The predicted molar refractivity (Wildman–Crippen MR) is 82.2 cm³/mol. The third-order valence-corrected chi connectivity index (χ3v) is 3.59. The van der Waals surface area contributed by atoms with Gasteiger partial charge in [-0.15, -0.1) is 0 Å². The smallest absolute Gasteiger partial charge is 0.238 e. The van der Waals surface area contributed by atoms with Gasteiger partial charge in [0, 0.05) is 24.7 Å². The number of benzene rings is 1. The molecule has 1 aliphatic heterocycles. The summed E-state index contributed by atoms with van der Waals surface area (Å²) in [4.78, 5) is 16.3. The van der Waals surface area contributed by atoms with Crippen LogP contribution in [0.5, 0.6) is 0 Å². The maximum absolute atomic E-state index is 12.0. The second kappa shape index (κ2) is 6.65. The topological polar surface area (TPSA) is 63.2 Å². The molecule has 0 saturated carbocycles. The molecule has 1 amide bonds. The van der Waals surface area contributed by atoms with Crippen molar-refractivity contribution >= 4 is 22.5 Å². The molecular formula is C16H19N3O2. The third-order valence-electron chi connectivity index (χ3n) is 3.59. The van der Waals surface area contributed by atoms with Gasteiger partial charge in [-0.25, -0.2) is 0 Å². The normalized spacial score (nSPS) is 18.0. The highest BCUT2D eigenvalue weighted by Crippen LogP contribution is 2.20. The number of ether oxygens (including phenoxy) is 1. The van der Waals surface area contributed by atoms with Gasteiger partial charge in [0.05, 0.1) is 23.9 Å². The van der Waals surface area contributed by atoms with Gasteiger partial charge < -0.3 is 15.4 Å². The first-order valence-corrected chi connectivity index (χ1v) is 7.29. The molecule has 1 aromatic carbocycles. The lowest BCUT2D eigenvalue weighted by molar-refractivity contribution is -0.115. The monoisotopic (exact) mass is 285 g/mol. The van der Waals surface area contributed by atoms with Crippen LogP contribution in [0.3, 0.4) is 0 Å². The van der Waals surface area contributed by atoms with Crippen molar-refractivity contribution in [3.8, 4) is 0 Å². The third kappa shape index (κ3) is 3.56. The fraction of sp³-hybridized carbons (Fsp3) is 0.375. The molecule has 3 rings (SSSR count). The van der Waals surface area contributed by atoms with Gasteiger partial charge in [-0.2, -0.15) is 0 Å². The van der Waals surface area contributed by atoms with E-state index in [-0.39, 0.29) is 18.6 Å². The molecule has 5 nitrogen and oxygen atoms in total. The summed E-state index contributed by atoms with van der Waals surface area (Å²) >= 11 is 0. The molecule has 0 aliphatic carbocycles. The van der Waals surface area contributed by atoms with E-state index >= 15 is 0 Å². The predicted octanol–water partition coefficient (Wildman–Crippen LogP) is 1.94. The SMILES string of the molecule is O=C(CNCC1CCCO1)Nc1cccc2cccnc12. The van der Waals surface area contributed by atoms with Crippen molar-refractivity contribution in [2.45, 2.75) is 18.9 Å². The number of carbonyl (C=O) groups excluding carboxylic acids is 1. The number of aromatic nitrogens is 1. The minimum Gasteiger partial charge on any atom is -0.377 e. The zero-order valence-electron chi connectivity index (χ0n) is 11.8. The number of fused-ring (bicyclic) bond motifs is 1. The van der Waals surface area contributed by atoms with E-state index < -0.39 is 0 Å². The van der Waals surface area contributed by atoms with Crippen LogP contribution in [-0.4, -0.2) is 36.7 Å². The summed E-state index contributed by atoms with van der Waals surface area (Å²) in [7, 11) is 0. The van der Waals surface area contributed by atoms with Crippen molar-refractivity contribution in [2.75, 3.05) is 25.0 Å². The maximum atomic E-state index is 12.0. The fourth-order valence-electron chi connectivity index (χ4n) is 2.55. The van der Waals surface area contributed by atoms with Crippen LogP contribution in [0.15, 0.2) is 36.5 Å². The number of hydrogen-bond acceptors (Lipinski definition) is 4. The maximum Gasteiger partial charge on any atom is 0.238 e. The van der Waals surface area contributed by atoms with Crippen LogP contribution in [0.25, 0.3) is 10.9 Å². The van der Waals surface area contributed by atoms with Crippen LogP contribution in [0.1, 0.15) is 12.8 Å². The van der Waals surface area contributed by atoms with E-state index in [1.54, 1.807) is 6.20 Å². The van der Waals surface area contributed by atoms with Gasteiger partial charge >= 0.3 is 0 Å². The van der Waals surface area contributed by atoms with E-state index in [0.717, 1.165) is 42.6 Å². The van der Waals surface area contributed by atoms with E-state index in [4.69, 9.17) is 4.74 Å². The lowest BCUT2D eigenvalue weighted by Gasteiger charge is -2.11. The molecule has 0 spiro atoms. The Morgan fingerprint density at radius 2 is 2.24 bits per heavy atom. The van der Waals surface area contributed by atoms with Crippen LogP contribution in [0.2, 0.25) is 0 Å². The molecule has 1 atom stereocenters. The minimum absolute atomic E-state index is 0.0637. The summed E-state index contributed by atoms with van der Waals surface area (Å²) in [6.45, 7) is 1.84. The van der Waals surface area contributed by atoms with E-state index in [0.29, 0.717) is 0 Å². The Kier molecular flexibility index (Phi) is 4.43. The Morgan fingerprint density at radius 3 is 3.10 bits per heavy atom. The lowest BCUT2D eigenvalue weighted by atomic mass is 10.2. The average Bonchev–Trinajstić information content (AvgIpc) is 3.01. The largest absolute Gasteiger partial charge is 0.377 e. The molecule has 1 fully saturated rings. The highest BCUT2D eigenvalue weighted by Gasteiger charge is 2.15. The first-order chi connectivity index (χ1) is 10.3. The highest BCUT2D eigenvalue weighted by atomic mass is 16.5. The minimum atomic E-state index is -0.0637. The summed E-state index contributed by atoms with van der Waals surface area (Å²) in [5, 5.41) is 7.06. The number of amides is 1. The van der Waals surface area contributed by atoms with E-state index in [1.165, 1.54) is 0 Å². The molecule has 2 N–H and O–H groups in total. The Morgan fingerprint density at radius 1 is 1.33 bits per heavy atom. The van der Waals surface area contributed by atoms with Crippen LogP contribution in [-0.2, 0) is 9.53 Å². The Bertz CT molecular complexity index is 618. The number of hydrogen-bond donors (Lipinski definition) is 2. The van der Waals surface area contributed by atoms with E-state index in [2.05, 4.69) is 15.6 Å². The van der Waals surface area contributed by atoms with Crippen molar-refractivity contribution in [2.24, 2.45) is 0 Å². The van der Waals surface area contributed by atoms with Crippen molar-refractivity contribution in [3.05, 3.63) is 36.5 Å². The summed E-state index contributed by atoms with van der Waals surface area (Å²) in [5.74, 6) is -0.0637. The summed E-state index contributed by atoms with van der Waals surface area (Å²) < 4.78 is 5.51. The molecule has 0 radical (unpaired) electrons. The second-order valence-electron chi connectivity index (χ2n) is 5.19. The summed E-state index contributed by atoms with van der Waals surface area (Å²) in [6, 6.07) is 9.63. The number of nitrogens with zero attached hydrogens (tertiary/aromatic N) is 1. The number of carbonyl (C=O) groups is 1. The Labute approximate surface area is 123 Å². The number of rotatable bonds is 5. The van der Waals surface area contributed by atoms with Gasteiger partial charge in [-0.1, -0.05) is 18.2 Å². The fourth-order valence-corrected chi connectivity index (χ4v) is 2.55. The van der Waals surface area contributed by atoms with Crippen LogP contribution >= 0.6 is 0 Å². The molecule has 2 aromatic rings. The zero-order chi connectivity index (χ0) is 14.5. The molecule has 1 aliphatic rings. The van der Waals surface area contributed by atoms with Gasteiger partial charge in [-0.3, -0.25) is 9.78 Å². The molecule has 21 heavy (non-hydrogen) atoms. The van der Waals surface area contributed by atoms with Gasteiger partial charge in [0.15, 0.2) is 0 Å². The number of nitrogens with one attached hydrogen (secondary N) is 2. The Hall–Kier alpha value is -1.98. The first-order valence-electron chi connectivity index (χ1n) is 7.29. The zero-order valence-corrected chi connectivity index (χ0v) is 11.8. The van der Waals surface area contributed by atoms with Gasteiger partial charge in [0.2, 0.25) is 5.91 Å². The van der Waals surface area contributed by atoms with Gasteiger partial charge in [0.25, 0.3) is 0 Å². The Balaban J connectivity index is 1.56. The molecule has 5 heteroatoms. The van der Waals surface area contributed by atoms with Crippen molar-refractivity contribution < 1.29 is 9.53 Å². The molecule has 1 saturated heterocycles. The molecule has 110 valence electrons. The number of para-hydroxylation sites is 1. The summed E-state index contributed by atoms with van der Waals surface area (Å²) in [5.41, 5.74) is 1.56. The molecule has 2 heterocycles. The van der Waals surface area contributed by atoms with Crippen molar-refractivity contribution in [3.63, 3.8) is 0 Å². The summed E-state index contributed by atoms with van der Waals surface area (Å²) in [6.07, 6.45) is 4.16. The van der Waals surface area contributed by atoms with E-state index in [1.807, 2.05) is 30.3 Å². The van der Waals surface area contributed by atoms with Gasteiger partial charge in [-0.05, 0) is 25.0 Å². The molecule has 1 aromatic heterocycles. The lowest BCUT2D eigenvalue weighted by Crippen LogP contribution is -2.33. The molecule has 1 unspecified atom stereocenters. The number of pyridine rings is 1. The standard InChI is InChI=1S/C16H19N3O2/c20-15(11-17-10-13-6-3-9-21-13)19-14-7-1-4-12-5-2-8-18-16(12)14/h1-2,4-5,7-8,13,17H,3,6,9-11H2,(H,19,20). The van der Waals surface area contributed by atoms with Gasteiger partial charge in [0.1, 0.15) is 0 Å². The second-order valence-corrected chi connectivity index (χ2v) is 5.19. The van der Waals surface area contributed by atoms with Crippen molar-refractivity contribution in [1.82, 2.24) is 10.3 Å². The van der Waals surface area contributed by atoms with Crippen molar-refractivity contribution in [1.29, 1.82) is 0 Å². The van der Waals surface area contributed by atoms with Crippen LogP contribution in [0.4, 0.5) is 5.69 Å². The quantitative estimate of drug-likeness (QED) is 0.881. The number of anilines is 1.